The molecule has 0 aliphatic rings. The molecule has 0 aromatic carbocycles. The Bertz CT molecular complexity index is 263. The zero-order valence-corrected chi connectivity index (χ0v) is 8.96. The van der Waals surface area contributed by atoms with E-state index >= 15 is 0 Å². The first-order chi connectivity index (χ1) is 6.03. The minimum absolute atomic E-state index is 0.281. The third-order valence-corrected chi connectivity index (χ3v) is 2.08. The zero-order chi connectivity index (χ0) is 9.90. The molecule has 13 heavy (non-hydrogen) atoms. The number of nitrogens with zero attached hydrogens (tertiary/aromatic N) is 2. The van der Waals surface area contributed by atoms with Gasteiger partial charge in [0.2, 0.25) is 0 Å². The van der Waals surface area contributed by atoms with Crippen LogP contribution >= 0.6 is 0 Å². The number of aryl methyl sites for hydroxylation is 1. The summed E-state index contributed by atoms with van der Waals surface area (Å²) >= 11 is 0. The van der Waals surface area contributed by atoms with Gasteiger partial charge in [0, 0.05) is 19.8 Å². The highest BCUT2D eigenvalue weighted by Crippen LogP contribution is 2.19. The molecular formula is C10H19N3. The van der Waals surface area contributed by atoms with E-state index < -0.39 is 0 Å². The van der Waals surface area contributed by atoms with E-state index in [1.807, 2.05) is 25.0 Å². The molecule has 1 N–H and O–H groups in total. The maximum atomic E-state index is 4.37. The number of nitrogens with one attached hydrogen (secondary N) is 1. The van der Waals surface area contributed by atoms with Gasteiger partial charge in [0.05, 0.1) is 5.69 Å². The van der Waals surface area contributed by atoms with Crippen molar-refractivity contribution in [2.75, 3.05) is 13.6 Å². The van der Waals surface area contributed by atoms with Gasteiger partial charge in [-0.25, -0.2) is 0 Å². The van der Waals surface area contributed by atoms with Gasteiger partial charge in [-0.1, -0.05) is 13.8 Å². The van der Waals surface area contributed by atoms with Gasteiger partial charge in [-0.3, -0.25) is 4.68 Å². The van der Waals surface area contributed by atoms with Gasteiger partial charge >= 0.3 is 0 Å². The first-order valence-electron chi connectivity index (χ1n) is 4.67. The lowest BCUT2D eigenvalue weighted by molar-refractivity contribution is 0.345. The van der Waals surface area contributed by atoms with Gasteiger partial charge in [-0.2, -0.15) is 5.10 Å². The largest absolute Gasteiger partial charge is 0.319 e. The van der Waals surface area contributed by atoms with Gasteiger partial charge in [0.1, 0.15) is 0 Å². The second kappa shape index (κ2) is 3.92. The highest BCUT2D eigenvalue weighted by atomic mass is 15.2. The summed E-state index contributed by atoms with van der Waals surface area (Å²) in [6, 6.07) is 2.08. The summed E-state index contributed by atoms with van der Waals surface area (Å²) in [6.45, 7) is 5.51. The first-order valence-corrected chi connectivity index (χ1v) is 4.67. The molecule has 3 heteroatoms. The van der Waals surface area contributed by atoms with Crippen molar-refractivity contribution in [2.24, 2.45) is 12.5 Å². The summed E-state index contributed by atoms with van der Waals surface area (Å²) in [4.78, 5) is 0. The van der Waals surface area contributed by atoms with E-state index in [0.29, 0.717) is 0 Å². The van der Waals surface area contributed by atoms with Crippen molar-refractivity contribution in [1.29, 1.82) is 0 Å². The van der Waals surface area contributed by atoms with Crippen molar-refractivity contribution >= 4 is 0 Å². The molecule has 0 saturated heterocycles. The average Bonchev–Trinajstić information content (AvgIpc) is 2.34. The van der Waals surface area contributed by atoms with Crippen LogP contribution in [0.4, 0.5) is 0 Å². The molecule has 0 amide bonds. The van der Waals surface area contributed by atoms with Crippen LogP contribution < -0.4 is 5.32 Å². The summed E-state index contributed by atoms with van der Waals surface area (Å²) in [5.74, 6) is 0. The Balaban J connectivity index is 2.57. The molecule has 1 aromatic heterocycles. The Hall–Kier alpha value is -0.830. The molecule has 0 bridgehead atoms. The highest BCUT2D eigenvalue weighted by molar-refractivity contribution is 5.02. The summed E-state index contributed by atoms with van der Waals surface area (Å²) in [5, 5.41) is 7.57. The maximum absolute atomic E-state index is 4.37. The number of hydrogen-bond acceptors (Lipinski definition) is 2. The van der Waals surface area contributed by atoms with Crippen LogP contribution in [-0.2, 0) is 13.5 Å². The van der Waals surface area contributed by atoms with E-state index in [9.17, 15) is 0 Å². The molecule has 74 valence electrons. The smallest absolute Gasteiger partial charge is 0.0630 e. The van der Waals surface area contributed by atoms with Crippen LogP contribution in [0.5, 0.6) is 0 Å². The van der Waals surface area contributed by atoms with E-state index in [1.165, 1.54) is 5.69 Å². The molecule has 0 aliphatic heterocycles. The lowest BCUT2D eigenvalue weighted by Crippen LogP contribution is -2.28. The molecule has 0 atom stereocenters. The Morgan fingerprint density at radius 2 is 2.23 bits per heavy atom. The highest BCUT2D eigenvalue weighted by Gasteiger charge is 2.18. The monoisotopic (exact) mass is 181 g/mol. The predicted molar refractivity (Wildman–Crippen MR) is 54.6 cm³/mol. The predicted octanol–water partition coefficient (Wildman–Crippen LogP) is 1.21. The SMILES string of the molecule is CNCC(C)(C)Cc1ccn(C)n1. The second-order valence-corrected chi connectivity index (χ2v) is 4.35. The second-order valence-electron chi connectivity index (χ2n) is 4.35. The van der Waals surface area contributed by atoms with Crippen LogP contribution in [0, 0.1) is 5.41 Å². The van der Waals surface area contributed by atoms with Gasteiger partial charge < -0.3 is 5.32 Å². The van der Waals surface area contributed by atoms with E-state index in [1.54, 1.807) is 0 Å². The van der Waals surface area contributed by atoms with Gasteiger partial charge in [0.15, 0.2) is 0 Å². The van der Waals surface area contributed by atoms with Gasteiger partial charge in [0.25, 0.3) is 0 Å². The third kappa shape index (κ3) is 3.19. The molecule has 0 fully saturated rings. The van der Waals surface area contributed by atoms with Crippen LogP contribution in [0.25, 0.3) is 0 Å². The normalized spacial score (nSPS) is 12.0. The summed E-state index contributed by atoms with van der Waals surface area (Å²) in [7, 11) is 3.94. The van der Waals surface area contributed by atoms with Crippen molar-refractivity contribution in [3.8, 4) is 0 Å². The third-order valence-electron chi connectivity index (χ3n) is 2.08. The van der Waals surface area contributed by atoms with Crippen LogP contribution in [0.3, 0.4) is 0 Å². The molecule has 1 rings (SSSR count). The average molecular weight is 181 g/mol. The fourth-order valence-electron chi connectivity index (χ4n) is 1.59. The van der Waals surface area contributed by atoms with Crippen molar-refractivity contribution in [1.82, 2.24) is 15.1 Å². The van der Waals surface area contributed by atoms with Crippen LogP contribution in [0.1, 0.15) is 19.5 Å². The van der Waals surface area contributed by atoms with Crippen LogP contribution in [0.15, 0.2) is 12.3 Å². The number of rotatable bonds is 4. The fraction of sp³-hybridized carbons (Fsp3) is 0.700. The summed E-state index contributed by atoms with van der Waals surface area (Å²) in [6.07, 6.45) is 3.01. The summed E-state index contributed by atoms with van der Waals surface area (Å²) < 4.78 is 1.85. The Kier molecular flexibility index (Phi) is 3.09. The molecule has 3 nitrogen and oxygen atoms in total. The maximum Gasteiger partial charge on any atom is 0.0630 e. The quantitative estimate of drug-likeness (QED) is 0.756. The van der Waals surface area contributed by atoms with E-state index in [2.05, 4.69) is 30.3 Å². The zero-order valence-electron chi connectivity index (χ0n) is 8.96. The van der Waals surface area contributed by atoms with Crippen molar-refractivity contribution in [2.45, 2.75) is 20.3 Å². The van der Waals surface area contributed by atoms with Crippen molar-refractivity contribution in [3.63, 3.8) is 0 Å². The van der Waals surface area contributed by atoms with E-state index in [0.717, 1.165) is 13.0 Å². The standard InChI is InChI=1S/C10H19N3/c1-10(2,8-11-3)7-9-5-6-13(4)12-9/h5-6,11H,7-8H2,1-4H3. The lowest BCUT2D eigenvalue weighted by atomic mass is 9.88. The van der Waals surface area contributed by atoms with Crippen LogP contribution in [-0.4, -0.2) is 23.4 Å². The summed E-state index contributed by atoms with van der Waals surface area (Å²) in [5.41, 5.74) is 1.45. The fourth-order valence-corrected chi connectivity index (χ4v) is 1.59. The Morgan fingerprint density at radius 1 is 1.54 bits per heavy atom. The number of aromatic nitrogens is 2. The molecule has 0 saturated carbocycles. The van der Waals surface area contributed by atoms with Crippen molar-refractivity contribution in [3.05, 3.63) is 18.0 Å². The first kappa shape index (κ1) is 10.3. The van der Waals surface area contributed by atoms with Crippen LogP contribution in [0.2, 0.25) is 0 Å². The molecule has 0 aliphatic carbocycles. The van der Waals surface area contributed by atoms with E-state index in [-0.39, 0.29) is 5.41 Å². The topological polar surface area (TPSA) is 29.9 Å². The van der Waals surface area contributed by atoms with Gasteiger partial charge in [-0.05, 0) is 24.9 Å². The minimum atomic E-state index is 0.281. The molecular weight excluding hydrogens is 162 g/mol. The molecule has 0 radical (unpaired) electrons. The molecule has 1 heterocycles. The van der Waals surface area contributed by atoms with Gasteiger partial charge in [-0.15, -0.1) is 0 Å². The number of hydrogen-bond donors (Lipinski definition) is 1. The minimum Gasteiger partial charge on any atom is -0.319 e. The van der Waals surface area contributed by atoms with E-state index in [4.69, 9.17) is 0 Å². The molecule has 0 spiro atoms. The molecule has 1 aromatic rings. The Morgan fingerprint density at radius 3 is 2.69 bits per heavy atom. The van der Waals surface area contributed by atoms with Crippen molar-refractivity contribution < 1.29 is 0 Å². The lowest BCUT2D eigenvalue weighted by Gasteiger charge is -2.22. The Labute approximate surface area is 80.1 Å². The molecule has 0 unspecified atom stereocenters.